The Labute approximate surface area is 488 Å². The van der Waals surface area contributed by atoms with Crippen LogP contribution in [0.1, 0.15) is 107 Å². The molecule has 11 rings (SSSR count). The molecule has 7 heterocycles. The lowest BCUT2D eigenvalue weighted by Crippen LogP contribution is -2.68. The number of hydrogen-bond donors (Lipinski definition) is 14. The lowest BCUT2D eigenvalue weighted by Gasteiger charge is -2.70. The Hall–Kier alpha value is -1.30. The molecule has 0 aromatic carbocycles. The Kier molecular flexibility index (Phi) is 17.9. The number of ether oxygens (including phenoxy) is 12. The molecule has 0 aromatic heterocycles. The highest BCUT2D eigenvalue weighted by Gasteiger charge is 2.81. The fraction of sp³-hybridized carbons (Fsp3) is 0.966. The minimum atomic E-state index is -2.04. The van der Waals surface area contributed by atoms with Gasteiger partial charge >= 0.3 is 0 Å². The summed E-state index contributed by atoms with van der Waals surface area (Å²) in [5, 5.41) is 154. The van der Waals surface area contributed by atoms with E-state index >= 15 is 0 Å². The predicted molar refractivity (Wildman–Crippen MR) is 283 cm³/mol. The number of hydrogen-bond acceptors (Lipinski definition) is 26. The first-order valence-corrected chi connectivity index (χ1v) is 30.3. The highest BCUT2D eigenvalue weighted by atomic mass is 16.8. The Morgan fingerprint density at radius 3 is 1.93 bits per heavy atom. The standard InChI is InChI=1S/C58H94O26/c1-23(2)15-25-16-56(8,72)47-26-9-10-32-54(6)13-12-33(53(4,5)31(54)11-14-55(32,7)57(26)21-58(47,84-25)76-22-57)80-51-46(83-50-43(71)38(66)34(62)24(3)77-50)44(28(61)19-74-51)81-52-45(82-49-41(69)35(63)27(60)18-73-49)40(68)37(65)30(79-52)20-75-48-42(70)39(67)36(64)29(17-59)78-48/h15,24-52,59-72H,9-14,16-22H2,1-8H3/t24-,25+,26+,27+,28-,29+,30+,31-,32+,33-,34+,35-,36+,37+,38+,39-,40-,41+,42+,43-,44-,45+,46+,47-,48+,49-,50-,51-,52-,54-,55+,56-,57-,58-/m0/s1. The molecule has 4 aliphatic carbocycles. The zero-order valence-corrected chi connectivity index (χ0v) is 49.2. The van der Waals surface area contributed by atoms with Crippen molar-refractivity contribution in [1.29, 1.82) is 0 Å². The molecule has 7 saturated heterocycles. The summed E-state index contributed by atoms with van der Waals surface area (Å²) < 4.78 is 75.5. The fourth-order valence-electron chi connectivity index (χ4n) is 18.3. The van der Waals surface area contributed by atoms with Crippen LogP contribution in [-0.4, -0.2) is 269 Å². The Balaban J connectivity index is 0.870. The summed E-state index contributed by atoms with van der Waals surface area (Å²) in [6.45, 7) is 14.8. The van der Waals surface area contributed by atoms with Crippen molar-refractivity contribution in [3.05, 3.63) is 11.6 Å². The number of rotatable bonds is 13. The van der Waals surface area contributed by atoms with Crippen LogP contribution in [0.15, 0.2) is 11.6 Å². The molecule has 11 fully saturated rings. The average molecular weight is 1210 g/mol. The van der Waals surface area contributed by atoms with Crippen LogP contribution in [0.2, 0.25) is 0 Å². The molecule has 14 N–H and O–H groups in total. The van der Waals surface area contributed by atoms with E-state index in [0.29, 0.717) is 19.4 Å². The van der Waals surface area contributed by atoms with Crippen LogP contribution in [0.3, 0.4) is 0 Å². The van der Waals surface area contributed by atoms with E-state index < -0.39 is 191 Å². The summed E-state index contributed by atoms with van der Waals surface area (Å²) in [6.07, 6.45) is -31.8. The van der Waals surface area contributed by atoms with Crippen LogP contribution in [0, 0.1) is 45.3 Å². The summed E-state index contributed by atoms with van der Waals surface area (Å²) in [7, 11) is 0. The van der Waals surface area contributed by atoms with Crippen molar-refractivity contribution >= 4 is 0 Å². The fourth-order valence-corrected chi connectivity index (χ4v) is 18.3. The van der Waals surface area contributed by atoms with Crippen LogP contribution >= 0.6 is 0 Å². The second-order valence-corrected chi connectivity index (χ2v) is 28.2. The minimum Gasteiger partial charge on any atom is -0.394 e. The topological polar surface area (TPSA) is 394 Å². The number of aliphatic hydroxyl groups is 14. The molecule has 2 bridgehead atoms. The molecule has 2 spiro atoms. The van der Waals surface area contributed by atoms with Gasteiger partial charge in [-0.25, -0.2) is 0 Å². The molecule has 26 heteroatoms. The normalized spacial score (nSPS) is 57.1. The van der Waals surface area contributed by atoms with Crippen molar-refractivity contribution in [2.75, 3.05) is 33.0 Å². The highest BCUT2D eigenvalue weighted by Crippen LogP contribution is 2.80. The van der Waals surface area contributed by atoms with Gasteiger partial charge in [-0.15, -0.1) is 0 Å². The first-order valence-electron chi connectivity index (χ1n) is 30.3. The summed E-state index contributed by atoms with van der Waals surface area (Å²) in [5.41, 5.74) is -0.980. The number of aliphatic hydroxyl groups excluding tert-OH is 13. The first-order chi connectivity index (χ1) is 39.4. The molecule has 26 nitrogen and oxygen atoms in total. The van der Waals surface area contributed by atoms with Crippen molar-refractivity contribution in [2.24, 2.45) is 45.3 Å². The maximum absolute atomic E-state index is 12.3. The summed E-state index contributed by atoms with van der Waals surface area (Å²) in [6, 6.07) is 0. The van der Waals surface area contributed by atoms with Crippen molar-refractivity contribution < 1.29 is 128 Å². The van der Waals surface area contributed by atoms with Crippen LogP contribution in [0.5, 0.6) is 0 Å². The second-order valence-electron chi connectivity index (χ2n) is 28.2. The molecule has 0 aromatic rings. The van der Waals surface area contributed by atoms with Crippen LogP contribution in [0.4, 0.5) is 0 Å². The van der Waals surface area contributed by atoms with E-state index in [9.17, 15) is 71.5 Å². The van der Waals surface area contributed by atoms with Gasteiger partial charge in [0.25, 0.3) is 0 Å². The zero-order chi connectivity index (χ0) is 60.7. The molecule has 482 valence electrons. The van der Waals surface area contributed by atoms with Gasteiger partial charge in [-0.1, -0.05) is 39.3 Å². The number of allylic oxidation sites excluding steroid dienone is 1. The molecular formula is C58H94O26. The van der Waals surface area contributed by atoms with E-state index in [-0.39, 0.29) is 46.0 Å². The molecule has 4 saturated carbocycles. The van der Waals surface area contributed by atoms with E-state index in [4.69, 9.17) is 56.8 Å². The number of fused-ring (bicyclic) bond motifs is 4. The van der Waals surface area contributed by atoms with Gasteiger partial charge in [0.15, 0.2) is 37.2 Å². The molecule has 7 aliphatic heterocycles. The predicted octanol–water partition coefficient (Wildman–Crippen LogP) is -2.72. The maximum Gasteiger partial charge on any atom is 0.187 e. The molecule has 0 unspecified atom stereocenters. The van der Waals surface area contributed by atoms with Crippen LogP contribution in [-0.2, 0) is 56.8 Å². The van der Waals surface area contributed by atoms with Crippen LogP contribution < -0.4 is 0 Å². The maximum atomic E-state index is 12.3. The summed E-state index contributed by atoms with van der Waals surface area (Å²) >= 11 is 0. The van der Waals surface area contributed by atoms with Crippen LogP contribution in [0.25, 0.3) is 0 Å². The monoisotopic (exact) mass is 1210 g/mol. The van der Waals surface area contributed by atoms with E-state index in [1.165, 1.54) is 6.92 Å². The van der Waals surface area contributed by atoms with Gasteiger partial charge in [0.05, 0.1) is 56.9 Å². The van der Waals surface area contributed by atoms with Gasteiger partial charge in [-0.3, -0.25) is 0 Å². The third kappa shape index (κ3) is 10.5. The van der Waals surface area contributed by atoms with E-state index in [1.54, 1.807) is 0 Å². The molecule has 11 aliphatic rings. The lowest BCUT2D eigenvalue weighted by molar-refractivity contribution is -0.401. The van der Waals surface area contributed by atoms with E-state index in [1.807, 2.05) is 20.8 Å². The van der Waals surface area contributed by atoms with Gasteiger partial charge in [0.2, 0.25) is 0 Å². The third-order valence-electron chi connectivity index (χ3n) is 22.5. The van der Waals surface area contributed by atoms with E-state index in [0.717, 1.165) is 44.1 Å². The zero-order valence-electron chi connectivity index (χ0n) is 49.2. The summed E-state index contributed by atoms with van der Waals surface area (Å²) in [5.74, 6) is -0.440. The molecule has 0 amide bonds. The SMILES string of the molecule is CC(C)=C[C@@H]1C[C@](C)(O)[C@@H]2[C@H]3CC[C@@H]4[C@@]5(C)CC[C@H](O[C@@H]6OC[C@H](O)[C@H](O[C@@H]7O[C@H](CO[C@@H]8O[C@H](CO)[C@@H](O)[C@H](O)[C@H]8O)[C@@H](O)[C@H](O)[C@H]7O[C@@H]7OC[C@@H](O)[C@H](O)[C@H]7O)[C@H]6O[C@@H]6O[C@@H](C)[C@@H](O)[C@@H](O)[C@@H]6O)C(C)(C)[C@@H]5CC[C@@]4(C)[C@@]34CO[C@@]2(C4)O1. The van der Waals surface area contributed by atoms with Crippen molar-refractivity contribution in [1.82, 2.24) is 0 Å². The largest absolute Gasteiger partial charge is 0.394 e. The highest BCUT2D eigenvalue weighted by molar-refractivity contribution is 5.27. The molecule has 84 heavy (non-hydrogen) atoms. The van der Waals surface area contributed by atoms with Gasteiger partial charge in [-0.2, -0.15) is 0 Å². The Morgan fingerprint density at radius 2 is 1.21 bits per heavy atom. The van der Waals surface area contributed by atoms with E-state index in [2.05, 4.69) is 33.8 Å². The molecule has 34 atom stereocenters. The van der Waals surface area contributed by atoms with Crippen molar-refractivity contribution in [3.8, 4) is 0 Å². The van der Waals surface area contributed by atoms with Gasteiger partial charge in [0.1, 0.15) is 104 Å². The van der Waals surface area contributed by atoms with Crippen molar-refractivity contribution in [3.63, 3.8) is 0 Å². The molecular weight excluding hydrogens is 1110 g/mol. The first kappa shape index (κ1) is 64.2. The minimum absolute atomic E-state index is 0.110. The third-order valence-corrected chi connectivity index (χ3v) is 22.5. The summed E-state index contributed by atoms with van der Waals surface area (Å²) in [4.78, 5) is 0. The lowest BCUT2D eigenvalue weighted by atomic mass is 9.35. The smallest absolute Gasteiger partial charge is 0.187 e. The van der Waals surface area contributed by atoms with Gasteiger partial charge in [-0.05, 0) is 100 Å². The van der Waals surface area contributed by atoms with Gasteiger partial charge in [0, 0.05) is 24.2 Å². The Morgan fingerprint density at radius 1 is 0.583 bits per heavy atom. The van der Waals surface area contributed by atoms with Crippen molar-refractivity contribution in [2.45, 2.75) is 272 Å². The quantitative estimate of drug-likeness (QED) is 0.0658. The molecule has 0 radical (unpaired) electrons. The van der Waals surface area contributed by atoms with Gasteiger partial charge < -0.3 is 128 Å². The average Bonchev–Trinajstić information content (AvgIpc) is 1.44. The second kappa shape index (κ2) is 23.4. The Bertz CT molecular complexity index is 2330.